The van der Waals surface area contributed by atoms with Gasteiger partial charge in [0, 0.05) is 12.7 Å². The molecule has 0 aliphatic heterocycles. The van der Waals surface area contributed by atoms with E-state index in [1.54, 1.807) is 6.20 Å². The third-order valence-corrected chi connectivity index (χ3v) is 1.84. The van der Waals surface area contributed by atoms with Crippen LogP contribution in [0.5, 0.6) is 0 Å². The maximum absolute atomic E-state index is 5.04. The van der Waals surface area contributed by atoms with Gasteiger partial charge in [0.25, 0.3) is 0 Å². The lowest BCUT2D eigenvalue weighted by molar-refractivity contribution is 0.978. The molecule has 3 nitrogen and oxygen atoms in total. The fraction of sp³-hybridized carbons (Fsp3) is 0.333. The summed E-state index contributed by atoms with van der Waals surface area (Å²) in [6.45, 7) is 4.77. The molecule has 0 atom stereocenters. The van der Waals surface area contributed by atoms with Crippen LogP contribution in [-0.2, 0) is 0 Å². The Morgan fingerprint density at radius 2 is 2.38 bits per heavy atom. The van der Waals surface area contributed by atoms with Gasteiger partial charge in [-0.15, -0.1) is 0 Å². The lowest BCUT2D eigenvalue weighted by Crippen LogP contribution is -2.28. The SMILES string of the molecule is CCNC(=S)Nc1cccnc1C. The molecule has 70 valence electrons. The molecule has 0 saturated carbocycles. The monoisotopic (exact) mass is 195 g/mol. The van der Waals surface area contributed by atoms with Crippen molar-refractivity contribution >= 4 is 23.0 Å². The second-order valence-electron chi connectivity index (χ2n) is 2.62. The molecule has 0 aromatic carbocycles. The number of nitrogens with one attached hydrogen (secondary N) is 2. The first kappa shape index (κ1) is 9.92. The van der Waals surface area contributed by atoms with Crippen molar-refractivity contribution in [2.75, 3.05) is 11.9 Å². The average molecular weight is 195 g/mol. The number of anilines is 1. The van der Waals surface area contributed by atoms with E-state index in [1.807, 2.05) is 26.0 Å². The Labute approximate surface area is 83.6 Å². The summed E-state index contributed by atoms with van der Waals surface area (Å²) in [7, 11) is 0. The highest BCUT2D eigenvalue weighted by atomic mass is 32.1. The van der Waals surface area contributed by atoms with Crippen LogP contribution in [0.2, 0.25) is 0 Å². The Morgan fingerprint density at radius 1 is 1.62 bits per heavy atom. The van der Waals surface area contributed by atoms with E-state index in [9.17, 15) is 0 Å². The summed E-state index contributed by atoms with van der Waals surface area (Å²) < 4.78 is 0. The Hall–Kier alpha value is -1.16. The number of pyridine rings is 1. The van der Waals surface area contributed by atoms with Crippen LogP contribution >= 0.6 is 12.2 Å². The van der Waals surface area contributed by atoms with Gasteiger partial charge in [-0.3, -0.25) is 4.98 Å². The zero-order valence-corrected chi connectivity index (χ0v) is 8.61. The molecule has 0 amide bonds. The van der Waals surface area contributed by atoms with Crippen LogP contribution in [0, 0.1) is 6.92 Å². The fourth-order valence-corrected chi connectivity index (χ4v) is 1.20. The molecule has 1 aromatic heterocycles. The van der Waals surface area contributed by atoms with Crippen LogP contribution in [0.15, 0.2) is 18.3 Å². The third-order valence-electron chi connectivity index (χ3n) is 1.59. The van der Waals surface area contributed by atoms with E-state index < -0.39 is 0 Å². The second kappa shape index (κ2) is 4.77. The Balaban J connectivity index is 2.63. The summed E-state index contributed by atoms with van der Waals surface area (Å²) in [4.78, 5) is 4.14. The van der Waals surface area contributed by atoms with E-state index in [0.717, 1.165) is 17.9 Å². The Morgan fingerprint density at radius 3 is 3.00 bits per heavy atom. The van der Waals surface area contributed by atoms with Crippen molar-refractivity contribution in [1.29, 1.82) is 0 Å². The van der Waals surface area contributed by atoms with Crippen molar-refractivity contribution in [2.45, 2.75) is 13.8 Å². The maximum Gasteiger partial charge on any atom is 0.170 e. The summed E-state index contributed by atoms with van der Waals surface area (Å²) in [5.74, 6) is 0. The smallest absolute Gasteiger partial charge is 0.170 e. The molecule has 0 unspecified atom stereocenters. The lowest BCUT2D eigenvalue weighted by Gasteiger charge is -2.09. The standard InChI is InChI=1S/C9H13N3S/c1-3-10-9(13)12-8-5-4-6-11-7(8)2/h4-6H,3H2,1-2H3,(H2,10,12,13). The molecular formula is C9H13N3S. The first-order valence-corrected chi connectivity index (χ1v) is 4.61. The molecule has 0 aliphatic carbocycles. The highest BCUT2D eigenvalue weighted by molar-refractivity contribution is 7.80. The average Bonchev–Trinajstić information content (AvgIpc) is 2.09. The van der Waals surface area contributed by atoms with Gasteiger partial charge < -0.3 is 10.6 Å². The highest BCUT2D eigenvalue weighted by Crippen LogP contribution is 2.09. The molecule has 0 spiro atoms. The van der Waals surface area contributed by atoms with Crippen molar-refractivity contribution in [3.8, 4) is 0 Å². The number of rotatable bonds is 2. The van der Waals surface area contributed by atoms with Crippen molar-refractivity contribution in [2.24, 2.45) is 0 Å². The minimum atomic E-state index is 0.638. The van der Waals surface area contributed by atoms with Gasteiger partial charge in [-0.05, 0) is 38.2 Å². The number of thiocarbonyl (C=S) groups is 1. The summed E-state index contributed by atoms with van der Waals surface area (Å²) in [6.07, 6.45) is 1.76. The Bertz CT molecular complexity index is 299. The van der Waals surface area contributed by atoms with Crippen molar-refractivity contribution < 1.29 is 0 Å². The van der Waals surface area contributed by atoms with E-state index in [4.69, 9.17) is 12.2 Å². The largest absolute Gasteiger partial charge is 0.363 e. The van der Waals surface area contributed by atoms with Crippen LogP contribution in [0.4, 0.5) is 5.69 Å². The minimum Gasteiger partial charge on any atom is -0.363 e. The van der Waals surface area contributed by atoms with E-state index in [2.05, 4.69) is 15.6 Å². The van der Waals surface area contributed by atoms with Gasteiger partial charge in [0.05, 0.1) is 11.4 Å². The molecule has 13 heavy (non-hydrogen) atoms. The first-order chi connectivity index (χ1) is 6.24. The maximum atomic E-state index is 5.04. The van der Waals surface area contributed by atoms with E-state index in [1.165, 1.54) is 0 Å². The van der Waals surface area contributed by atoms with Crippen LogP contribution in [0.3, 0.4) is 0 Å². The van der Waals surface area contributed by atoms with Gasteiger partial charge in [0.15, 0.2) is 5.11 Å². The van der Waals surface area contributed by atoms with Gasteiger partial charge >= 0.3 is 0 Å². The van der Waals surface area contributed by atoms with Crippen LogP contribution < -0.4 is 10.6 Å². The summed E-state index contributed by atoms with van der Waals surface area (Å²) in [5, 5.41) is 6.72. The zero-order chi connectivity index (χ0) is 9.68. The summed E-state index contributed by atoms with van der Waals surface area (Å²) in [5.41, 5.74) is 1.90. The molecule has 0 radical (unpaired) electrons. The molecule has 0 bridgehead atoms. The van der Waals surface area contributed by atoms with Gasteiger partial charge in [-0.1, -0.05) is 0 Å². The molecule has 1 rings (SSSR count). The van der Waals surface area contributed by atoms with E-state index in [0.29, 0.717) is 5.11 Å². The Kier molecular flexibility index (Phi) is 3.64. The van der Waals surface area contributed by atoms with Gasteiger partial charge in [-0.2, -0.15) is 0 Å². The quantitative estimate of drug-likeness (QED) is 0.704. The zero-order valence-electron chi connectivity index (χ0n) is 7.79. The second-order valence-corrected chi connectivity index (χ2v) is 3.03. The molecule has 0 saturated heterocycles. The van der Waals surface area contributed by atoms with Gasteiger partial charge in [-0.25, -0.2) is 0 Å². The highest BCUT2D eigenvalue weighted by Gasteiger charge is 1.98. The van der Waals surface area contributed by atoms with Crippen LogP contribution in [0.25, 0.3) is 0 Å². The van der Waals surface area contributed by atoms with Crippen molar-refractivity contribution in [3.05, 3.63) is 24.0 Å². The molecule has 1 aromatic rings. The summed E-state index contributed by atoms with van der Waals surface area (Å²) >= 11 is 5.04. The predicted molar refractivity (Wildman–Crippen MR) is 58.9 cm³/mol. The van der Waals surface area contributed by atoms with Crippen molar-refractivity contribution in [1.82, 2.24) is 10.3 Å². The fourth-order valence-electron chi connectivity index (χ4n) is 0.943. The van der Waals surface area contributed by atoms with Gasteiger partial charge in [0.1, 0.15) is 0 Å². The first-order valence-electron chi connectivity index (χ1n) is 4.20. The number of nitrogens with zero attached hydrogens (tertiary/aromatic N) is 1. The molecule has 2 N–H and O–H groups in total. The minimum absolute atomic E-state index is 0.638. The molecule has 1 heterocycles. The summed E-state index contributed by atoms with van der Waals surface area (Å²) in [6, 6.07) is 3.83. The third kappa shape index (κ3) is 2.99. The van der Waals surface area contributed by atoms with E-state index in [-0.39, 0.29) is 0 Å². The van der Waals surface area contributed by atoms with Crippen LogP contribution in [0.1, 0.15) is 12.6 Å². The predicted octanol–water partition coefficient (Wildman–Crippen LogP) is 1.70. The molecule has 0 fully saturated rings. The molecule has 0 aliphatic rings. The topological polar surface area (TPSA) is 37.0 Å². The van der Waals surface area contributed by atoms with Crippen molar-refractivity contribution in [3.63, 3.8) is 0 Å². The van der Waals surface area contributed by atoms with Crippen LogP contribution in [-0.4, -0.2) is 16.6 Å². The number of hydrogen-bond donors (Lipinski definition) is 2. The molecule has 4 heteroatoms. The normalized spacial score (nSPS) is 9.38. The number of aromatic nitrogens is 1. The van der Waals surface area contributed by atoms with Gasteiger partial charge in [0.2, 0.25) is 0 Å². The van der Waals surface area contributed by atoms with E-state index >= 15 is 0 Å². The molecular weight excluding hydrogens is 182 g/mol. The number of aryl methyl sites for hydroxylation is 1. The lowest BCUT2D eigenvalue weighted by atomic mass is 10.3. The number of hydrogen-bond acceptors (Lipinski definition) is 2.